The van der Waals surface area contributed by atoms with E-state index in [4.69, 9.17) is 0 Å². The summed E-state index contributed by atoms with van der Waals surface area (Å²) < 4.78 is 0. The lowest BCUT2D eigenvalue weighted by atomic mass is 9.55. The summed E-state index contributed by atoms with van der Waals surface area (Å²) in [4.78, 5) is 0. The Morgan fingerprint density at radius 3 is 0.846 bits per heavy atom. The van der Waals surface area contributed by atoms with Gasteiger partial charge in [-0.2, -0.15) is 0 Å². The van der Waals surface area contributed by atoms with Crippen LogP contribution in [-0.4, -0.2) is 0 Å². The molecule has 0 N–H and O–H groups in total. The van der Waals surface area contributed by atoms with Gasteiger partial charge in [0.2, 0.25) is 0 Å². The van der Waals surface area contributed by atoms with Crippen LogP contribution in [0.2, 0.25) is 0 Å². The maximum Gasteiger partial charge on any atom is 0.0639 e. The molecule has 0 saturated heterocycles. The normalized spacial score (nSPS) is 31.5. The van der Waals surface area contributed by atoms with Crippen molar-refractivity contribution in [2.75, 3.05) is 0 Å². The number of allylic oxidation sites excluding steroid dienone is 36. The summed E-state index contributed by atoms with van der Waals surface area (Å²) in [5.41, 5.74) is 31.0. The van der Waals surface area contributed by atoms with E-state index in [2.05, 4.69) is 216 Å². The minimum atomic E-state index is -0.471. The molecule has 12 aliphatic rings. The van der Waals surface area contributed by atoms with Crippen LogP contribution in [0.5, 0.6) is 0 Å². The van der Waals surface area contributed by atoms with Crippen LogP contribution in [0.25, 0.3) is 0 Å². The van der Waals surface area contributed by atoms with Crippen LogP contribution in [0, 0.1) is 61.1 Å². The van der Waals surface area contributed by atoms with Gasteiger partial charge in [0.25, 0.3) is 0 Å². The van der Waals surface area contributed by atoms with Crippen molar-refractivity contribution in [3.05, 3.63) is 208 Å². The fraction of sp³-hybridized carbons (Fsp3) is 0.446. The molecule has 0 saturated carbocycles. The van der Waals surface area contributed by atoms with Crippen molar-refractivity contribution in [3.8, 4) is 0 Å². The lowest BCUT2D eigenvalue weighted by Crippen LogP contribution is -2.39. The van der Waals surface area contributed by atoms with Crippen LogP contribution < -0.4 is 0 Å². The van der Waals surface area contributed by atoms with E-state index in [0.29, 0.717) is 0 Å². The van der Waals surface area contributed by atoms with Crippen molar-refractivity contribution in [1.82, 2.24) is 0 Å². The molecule has 0 heteroatoms. The zero-order valence-electron chi connectivity index (χ0n) is 42.9. The SMILES string of the molecule is CC(C)(C)C1=CC2=C3C(=CC(C(C)(C)C)=C4C=CC=C1C43)C13C4=C5C(=CC(C(C)(C)C)=C6C=CC=C(C(C(C)(C)C)=C4)C65)C21C1=CC(C(C)(C)C)=C2C=CC=C4C(C(C)(C)C)=CC3=C1C42. The van der Waals surface area contributed by atoms with Crippen LogP contribution in [0.15, 0.2) is 208 Å². The molecule has 0 aliphatic heterocycles. The van der Waals surface area contributed by atoms with Crippen LogP contribution in [0.4, 0.5) is 0 Å². The monoisotopic (exact) mass is 853 g/mol. The van der Waals surface area contributed by atoms with Gasteiger partial charge in [0.1, 0.15) is 0 Å². The first-order valence-electron chi connectivity index (χ1n) is 25.0. The van der Waals surface area contributed by atoms with E-state index >= 15 is 0 Å². The highest BCUT2D eigenvalue weighted by Gasteiger charge is 2.78. The standard InChI is InChI=1S/C65H72/c1-58(2,3)40-28-46-55-47(29-41(59(4,5)6)35-23-19-22-34(40)52(35)55)65-50-32-44(62(13,14)15)38-26-20-24-36-42(60(7,8)9)30-48(56(50)53(36)38)64(46,65)49-31-43(61(10,11)12)37-25-21-27-39-45(63(16,17)18)33-51(65)57(49)54(37)39/h19-33,52-54H,1-18H3. The van der Waals surface area contributed by atoms with E-state index in [0.717, 1.165) is 0 Å². The van der Waals surface area contributed by atoms with Gasteiger partial charge in [-0.25, -0.2) is 0 Å². The zero-order chi connectivity index (χ0) is 46.5. The van der Waals surface area contributed by atoms with Gasteiger partial charge in [-0.3, -0.25) is 0 Å². The molecule has 0 bridgehead atoms. The second kappa shape index (κ2) is 11.9. The number of hydrogen-bond acceptors (Lipinski definition) is 0. The molecule has 12 rings (SSSR count). The van der Waals surface area contributed by atoms with E-state index in [1.807, 2.05) is 0 Å². The molecule has 332 valence electrons. The Bertz CT molecular complexity index is 2930. The lowest BCUT2D eigenvalue weighted by molar-refractivity contribution is 0.376. The van der Waals surface area contributed by atoms with Gasteiger partial charge in [0, 0.05) is 17.8 Å². The predicted octanol–water partition coefficient (Wildman–Crippen LogP) is 17.0. The van der Waals surface area contributed by atoms with Crippen molar-refractivity contribution in [2.24, 2.45) is 61.1 Å². The second-order valence-corrected chi connectivity index (χ2v) is 27.7. The molecular weight excluding hydrogens is 781 g/mol. The molecule has 65 heavy (non-hydrogen) atoms. The summed E-state index contributed by atoms with van der Waals surface area (Å²) in [6.45, 7) is 44.5. The third-order valence-electron chi connectivity index (χ3n) is 17.6. The van der Waals surface area contributed by atoms with Gasteiger partial charge in [-0.1, -0.05) is 216 Å². The molecule has 0 fully saturated rings. The first kappa shape index (κ1) is 41.7. The molecule has 0 heterocycles. The van der Waals surface area contributed by atoms with E-state index in [1.165, 1.54) is 66.9 Å². The Kier molecular flexibility index (Phi) is 7.63. The summed E-state index contributed by atoms with van der Waals surface area (Å²) in [6, 6.07) is 0. The van der Waals surface area contributed by atoms with Gasteiger partial charge in [0.05, 0.1) is 10.8 Å². The minimum Gasteiger partial charge on any atom is -0.0616 e. The van der Waals surface area contributed by atoms with Crippen LogP contribution in [-0.2, 0) is 0 Å². The molecule has 0 radical (unpaired) electrons. The van der Waals surface area contributed by atoms with Gasteiger partial charge in [0.15, 0.2) is 0 Å². The fourth-order valence-corrected chi connectivity index (χ4v) is 15.3. The number of rotatable bonds is 0. The van der Waals surface area contributed by atoms with E-state index in [-0.39, 0.29) is 50.2 Å². The van der Waals surface area contributed by atoms with E-state index in [9.17, 15) is 0 Å². The molecule has 0 aromatic heterocycles. The minimum absolute atomic E-state index is 0.0645. The van der Waals surface area contributed by atoms with Crippen molar-refractivity contribution in [1.29, 1.82) is 0 Å². The summed E-state index contributed by atoms with van der Waals surface area (Å²) in [7, 11) is 0. The van der Waals surface area contributed by atoms with E-state index in [1.54, 1.807) is 50.2 Å². The topological polar surface area (TPSA) is 0 Å². The molecule has 3 atom stereocenters. The van der Waals surface area contributed by atoms with E-state index < -0.39 is 10.8 Å². The Morgan fingerprint density at radius 1 is 0.323 bits per heavy atom. The van der Waals surface area contributed by atoms with Crippen LogP contribution in [0.3, 0.4) is 0 Å². The molecular formula is C65H72. The molecule has 0 aromatic carbocycles. The molecule has 12 aliphatic carbocycles. The maximum atomic E-state index is 2.80. The Labute approximate surface area is 392 Å². The van der Waals surface area contributed by atoms with Crippen molar-refractivity contribution in [3.63, 3.8) is 0 Å². The van der Waals surface area contributed by atoms with Crippen molar-refractivity contribution < 1.29 is 0 Å². The second-order valence-electron chi connectivity index (χ2n) is 27.7. The highest BCUT2D eigenvalue weighted by atomic mass is 14.8. The highest BCUT2D eigenvalue weighted by Crippen LogP contribution is 2.87. The Balaban J connectivity index is 1.37. The molecule has 0 nitrogen and oxygen atoms in total. The average Bonchev–Trinajstić information content (AvgIpc) is 3.71. The third-order valence-corrected chi connectivity index (χ3v) is 17.6. The quantitative estimate of drug-likeness (QED) is 0.228. The molecule has 0 amide bonds. The Morgan fingerprint density at radius 2 is 0.585 bits per heavy atom. The molecule has 0 spiro atoms. The predicted molar refractivity (Wildman–Crippen MR) is 274 cm³/mol. The molecule has 3 unspecified atom stereocenters. The van der Waals surface area contributed by atoms with Gasteiger partial charge < -0.3 is 0 Å². The average molecular weight is 853 g/mol. The summed E-state index contributed by atoms with van der Waals surface area (Å²) in [5.74, 6) is 0.567. The molecule has 0 aromatic rings. The summed E-state index contributed by atoms with van der Waals surface area (Å²) in [6.07, 6.45) is 38.9. The fourth-order valence-electron chi connectivity index (χ4n) is 15.3. The van der Waals surface area contributed by atoms with Crippen molar-refractivity contribution in [2.45, 2.75) is 125 Å². The highest BCUT2D eigenvalue weighted by molar-refractivity contribution is 5.95. The smallest absolute Gasteiger partial charge is 0.0616 e. The van der Waals surface area contributed by atoms with Crippen LogP contribution in [0.1, 0.15) is 125 Å². The van der Waals surface area contributed by atoms with Gasteiger partial charge in [-0.05, 0) is 150 Å². The summed E-state index contributed by atoms with van der Waals surface area (Å²) >= 11 is 0. The summed E-state index contributed by atoms with van der Waals surface area (Å²) in [5, 5.41) is 0. The number of hydrogen-bond donors (Lipinski definition) is 0. The maximum absolute atomic E-state index is 2.80. The Hall–Kier alpha value is -4.68. The lowest BCUT2D eigenvalue weighted by Gasteiger charge is -2.48. The first-order valence-corrected chi connectivity index (χ1v) is 25.0. The van der Waals surface area contributed by atoms with Gasteiger partial charge >= 0.3 is 0 Å². The third kappa shape index (κ3) is 4.76. The van der Waals surface area contributed by atoms with Crippen molar-refractivity contribution >= 4 is 0 Å². The first-order chi connectivity index (χ1) is 30.1. The largest absolute Gasteiger partial charge is 0.0639 e. The van der Waals surface area contributed by atoms with Gasteiger partial charge in [-0.15, -0.1) is 0 Å². The zero-order valence-corrected chi connectivity index (χ0v) is 42.9. The van der Waals surface area contributed by atoms with Crippen LogP contribution >= 0.6 is 0 Å².